The molecule has 20 heavy (non-hydrogen) atoms. The minimum atomic E-state index is -4.43. The van der Waals surface area contributed by atoms with Crippen LogP contribution in [0.1, 0.15) is 5.56 Å². The number of carboxylic acid groups (broad SMARTS) is 1. The average molecular weight is 289 g/mol. The van der Waals surface area contributed by atoms with E-state index in [0.29, 0.717) is 12.2 Å². The highest BCUT2D eigenvalue weighted by Crippen LogP contribution is 2.29. The molecular formula is C13H14F3NO3. The predicted molar refractivity (Wildman–Crippen MR) is 64.7 cm³/mol. The van der Waals surface area contributed by atoms with Gasteiger partial charge in [-0.25, -0.2) is 0 Å². The molecule has 1 aromatic carbocycles. The largest absolute Gasteiger partial charge is 0.488 e. The van der Waals surface area contributed by atoms with Gasteiger partial charge in [0.05, 0.1) is 13.1 Å². The summed E-state index contributed by atoms with van der Waals surface area (Å²) in [6.45, 7) is -1.98. The lowest BCUT2D eigenvalue weighted by Crippen LogP contribution is -2.43. The number of benzene rings is 1. The van der Waals surface area contributed by atoms with Gasteiger partial charge in [0.25, 0.3) is 0 Å². The molecule has 1 aliphatic rings. The quantitative estimate of drug-likeness (QED) is 0.900. The van der Waals surface area contributed by atoms with Crippen molar-refractivity contribution in [1.29, 1.82) is 0 Å². The van der Waals surface area contributed by atoms with Crippen LogP contribution in [-0.4, -0.2) is 47.9 Å². The van der Waals surface area contributed by atoms with Gasteiger partial charge in [0.2, 0.25) is 0 Å². The molecule has 110 valence electrons. The smallest absolute Gasteiger partial charge is 0.401 e. The lowest BCUT2D eigenvalue weighted by molar-refractivity contribution is -0.155. The van der Waals surface area contributed by atoms with E-state index in [1.807, 2.05) is 12.1 Å². The number of carboxylic acids is 1. The van der Waals surface area contributed by atoms with Gasteiger partial charge in [0.15, 0.2) is 0 Å². The van der Waals surface area contributed by atoms with E-state index in [1.54, 1.807) is 12.1 Å². The van der Waals surface area contributed by atoms with Crippen molar-refractivity contribution in [3.63, 3.8) is 0 Å². The zero-order chi connectivity index (χ0) is 14.8. The minimum Gasteiger partial charge on any atom is -0.488 e. The molecule has 2 rings (SSSR count). The maximum Gasteiger partial charge on any atom is 0.401 e. The number of alkyl halides is 3. The Balaban J connectivity index is 1.97. The van der Waals surface area contributed by atoms with Gasteiger partial charge in [0.1, 0.15) is 11.9 Å². The molecule has 0 fully saturated rings. The van der Waals surface area contributed by atoms with Crippen molar-refractivity contribution in [3.8, 4) is 5.75 Å². The van der Waals surface area contributed by atoms with Gasteiger partial charge in [0, 0.05) is 13.0 Å². The fourth-order valence-electron chi connectivity index (χ4n) is 2.27. The molecule has 4 nitrogen and oxygen atoms in total. The standard InChI is InChI=1S/C13H14F3NO3/c14-13(15,16)8-17(7-12(18)19)6-10-5-9-3-1-2-4-11(9)20-10/h1-4,10H,5-8H2,(H,18,19). The van der Waals surface area contributed by atoms with Crippen LogP contribution in [0.25, 0.3) is 0 Å². The Morgan fingerprint density at radius 1 is 1.40 bits per heavy atom. The van der Waals surface area contributed by atoms with E-state index in [1.165, 1.54) is 0 Å². The summed E-state index contributed by atoms with van der Waals surface area (Å²) in [4.78, 5) is 11.5. The second kappa shape index (κ2) is 5.70. The van der Waals surface area contributed by atoms with Crippen molar-refractivity contribution in [2.75, 3.05) is 19.6 Å². The number of para-hydroxylation sites is 1. The predicted octanol–water partition coefficient (Wildman–Crippen LogP) is 1.94. The Hall–Kier alpha value is -1.76. The lowest BCUT2D eigenvalue weighted by atomic mass is 10.1. The summed E-state index contributed by atoms with van der Waals surface area (Å²) in [5, 5.41) is 8.68. The summed E-state index contributed by atoms with van der Waals surface area (Å²) in [7, 11) is 0. The van der Waals surface area contributed by atoms with Crippen LogP contribution < -0.4 is 4.74 Å². The third-order valence-corrected chi connectivity index (χ3v) is 2.94. The topological polar surface area (TPSA) is 49.8 Å². The Morgan fingerprint density at radius 2 is 2.10 bits per heavy atom. The molecule has 0 bridgehead atoms. The van der Waals surface area contributed by atoms with Crippen molar-refractivity contribution in [2.24, 2.45) is 0 Å². The Morgan fingerprint density at radius 3 is 2.70 bits per heavy atom. The SMILES string of the molecule is O=C(O)CN(CC1Cc2ccccc2O1)CC(F)(F)F. The van der Waals surface area contributed by atoms with Gasteiger partial charge in [-0.2, -0.15) is 13.2 Å². The minimum absolute atomic E-state index is 0.0690. The molecule has 0 saturated heterocycles. The van der Waals surface area contributed by atoms with Gasteiger partial charge >= 0.3 is 12.1 Å². The monoisotopic (exact) mass is 289 g/mol. The zero-order valence-corrected chi connectivity index (χ0v) is 10.6. The van der Waals surface area contributed by atoms with Crippen LogP contribution in [0.3, 0.4) is 0 Å². The molecule has 1 unspecified atom stereocenters. The fourth-order valence-corrected chi connectivity index (χ4v) is 2.27. The number of hydrogen-bond donors (Lipinski definition) is 1. The van der Waals surface area contributed by atoms with E-state index in [-0.39, 0.29) is 6.54 Å². The maximum atomic E-state index is 12.4. The third kappa shape index (κ3) is 4.12. The molecular weight excluding hydrogens is 275 g/mol. The summed E-state index contributed by atoms with van der Waals surface area (Å²) >= 11 is 0. The highest BCUT2D eigenvalue weighted by atomic mass is 19.4. The molecule has 0 saturated carbocycles. The summed E-state index contributed by atoms with van der Waals surface area (Å²) in [5.41, 5.74) is 0.930. The Bertz CT molecular complexity index is 465. The molecule has 1 atom stereocenters. The molecule has 0 aliphatic carbocycles. The summed E-state index contributed by atoms with van der Waals surface area (Å²) < 4.78 is 42.8. The van der Waals surface area contributed by atoms with Crippen LogP contribution in [0, 0.1) is 0 Å². The number of fused-ring (bicyclic) bond motifs is 1. The second-order valence-electron chi connectivity index (χ2n) is 4.73. The molecule has 7 heteroatoms. The van der Waals surface area contributed by atoms with Gasteiger partial charge in [-0.3, -0.25) is 9.69 Å². The molecule has 0 aromatic heterocycles. The van der Waals surface area contributed by atoms with E-state index in [2.05, 4.69) is 0 Å². The molecule has 0 spiro atoms. The highest BCUT2D eigenvalue weighted by Gasteiger charge is 2.34. The van der Waals surface area contributed by atoms with E-state index in [0.717, 1.165) is 10.5 Å². The first kappa shape index (κ1) is 14.6. The zero-order valence-electron chi connectivity index (χ0n) is 10.6. The molecule has 0 amide bonds. The van der Waals surface area contributed by atoms with Gasteiger partial charge < -0.3 is 9.84 Å². The van der Waals surface area contributed by atoms with Crippen LogP contribution in [0.4, 0.5) is 13.2 Å². The van der Waals surface area contributed by atoms with Crippen molar-refractivity contribution in [1.82, 2.24) is 4.90 Å². The highest BCUT2D eigenvalue weighted by molar-refractivity contribution is 5.69. The average Bonchev–Trinajstić information content (AvgIpc) is 2.67. The molecule has 0 radical (unpaired) electrons. The van der Waals surface area contributed by atoms with Crippen molar-refractivity contribution in [3.05, 3.63) is 29.8 Å². The maximum absolute atomic E-state index is 12.4. The number of rotatable bonds is 5. The van der Waals surface area contributed by atoms with Crippen molar-refractivity contribution >= 4 is 5.97 Å². The van der Waals surface area contributed by atoms with E-state index < -0.39 is 31.3 Å². The van der Waals surface area contributed by atoms with Crippen LogP contribution in [-0.2, 0) is 11.2 Å². The van der Waals surface area contributed by atoms with Crippen LogP contribution in [0.2, 0.25) is 0 Å². The van der Waals surface area contributed by atoms with E-state index >= 15 is 0 Å². The molecule has 1 aliphatic heterocycles. The normalized spacial score (nSPS) is 17.9. The fraction of sp³-hybridized carbons (Fsp3) is 0.462. The summed E-state index contributed by atoms with van der Waals surface area (Å²) in [6, 6.07) is 7.21. The van der Waals surface area contributed by atoms with Gasteiger partial charge in [-0.05, 0) is 11.6 Å². The summed E-state index contributed by atoms with van der Waals surface area (Å²) in [5.74, 6) is -0.635. The van der Waals surface area contributed by atoms with E-state index in [9.17, 15) is 18.0 Å². The first-order chi connectivity index (χ1) is 9.33. The lowest BCUT2D eigenvalue weighted by Gasteiger charge is -2.24. The number of nitrogens with zero attached hydrogens (tertiary/aromatic N) is 1. The number of carbonyl (C=O) groups is 1. The van der Waals surface area contributed by atoms with Crippen LogP contribution in [0.5, 0.6) is 5.75 Å². The molecule has 1 heterocycles. The van der Waals surface area contributed by atoms with Gasteiger partial charge in [-0.15, -0.1) is 0 Å². The molecule has 1 N–H and O–H groups in total. The number of hydrogen-bond acceptors (Lipinski definition) is 3. The number of halogens is 3. The Kier molecular flexibility index (Phi) is 4.17. The number of aliphatic carboxylic acids is 1. The molecule has 1 aromatic rings. The first-order valence-corrected chi connectivity index (χ1v) is 6.09. The van der Waals surface area contributed by atoms with Crippen LogP contribution in [0.15, 0.2) is 24.3 Å². The Labute approximate surface area is 113 Å². The third-order valence-electron chi connectivity index (χ3n) is 2.94. The van der Waals surface area contributed by atoms with Crippen molar-refractivity contribution < 1.29 is 27.8 Å². The van der Waals surface area contributed by atoms with Crippen molar-refractivity contribution in [2.45, 2.75) is 18.7 Å². The van der Waals surface area contributed by atoms with Crippen LogP contribution >= 0.6 is 0 Å². The van der Waals surface area contributed by atoms with Gasteiger partial charge in [-0.1, -0.05) is 18.2 Å². The summed E-state index contributed by atoms with van der Waals surface area (Å²) in [6.07, 6.45) is -4.39. The first-order valence-electron chi connectivity index (χ1n) is 6.09. The number of ether oxygens (including phenoxy) is 1. The van der Waals surface area contributed by atoms with E-state index in [4.69, 9.17) is 9.84 Å². The second-order valence-corrected chi connectivity index (χ2v) is 4.73.